The Hall–Kier alpha value is -2.76. The molecule has 0 saturated heterocycles. The molecule has 6 nitrogen and oxygen atoms in total. The topological polar surface area (TPSA) is 69.3 Å². The zero-order valence-corrected chi connectivity index (χ0v) is 14.8. The summed E-state index contributed by atoms with van der Waals surface area (Å²) in [7, 11) is 0. The zero-order valence-electron chi connectivity index (χ0n) is 14.8. The molecule has 0 aliphatic carbocycles. The Labute approximate surface area is 146 Å². The number of ether oxygens (including phenoxy) is 1. The van der Waals surface area contributed by atoms with Gasteiger partial charge in [0.15, 0.2) is 0 Å². The molecular formula is C19H23N3O3. The fourth-order valence-electron chi connectivity index (χ4n) is 3.21. The summed E-state index contributed by atoms with van der Waals surface area (Å²) in [6.07, 6.45) is 5.43. The van der Waals surface area contributed by atoms with Crippen molar-refractivity contribution in [3.05, 3.63) is 41.9 Å². The van der Waals surface area contributed by atoms with Gasteiger partial charge in [-0.05, 0) is 38.0 Å². The number of carbonyl (C=O) groups is 1. The van der Waals surface area contributed by atoms with Crippen LogP contribution in [-0.4, -0.2) is 32.0 Å². The average Bonchev–Trinajstić information content (AvgIpc) is 3.16. The molecule has 3 rings (SSSR count). The lowest BCUT2D eigenvalue weighted by Crippen LogP contribution is -2.08. The van der Waals surface area contributed by atoms with Gasteiger partial charge >= 0.3 is 5.97 Å². The summed E-state index contributed by atoms with van der Waals surface area (Å²) in [5.41, 5.74) is 3.12. The minimum atomic E-state index is -0.366. The molecule has 2 aromatic heterocycles. The lowest BCUT2D eigenvalue weighted by atomic mass is 10.1. The summed E-state index contributed by atoms with van der Waals surface area (Å²) in [5, 5.41) is 15.0. The van der Waals surface area contributed by atoms with Crippen LogP contribution in [0.2, 0.25) is 0 Å². The lowest BCUT2D eigenvalue weighted by molar-refractivity contribution is 0.0527. The third-order valence-corrected chi connectivity index (χ3v) is 4.19. The van der Waals surface area contributed by atoms with Crippen molar-refractivity contribution in [2.24, 2.45) is 0 Å². The number of fused-ring (bicyclic) bond motifs is 1. The van der Waals surface area contributed by atoms with E-state index in [1.807, 2.05) is 28.4 Å². The molecule has 0 radical (unpaired) electrons. The Morgan fingerprint density at radius 2 is 2.08 bits per heavy atom. The molecule has 132 valence electrons. The Bertz CT molecular complexity index is 908. The molecule has 1 N–H and O–H groups in total. The zero-order chi connectivity index (χ0) is 18.0. The van der Waals surface area contributed by atoms with Crippen LogP contribution in [0.25, 0.3) is 16.6 Å². The highest BCUT2D eigenvalue weighted by molar-refractivity contribution is 6.07. The number of phenolic OH excluding ortho intramolecular Hbond substituents is 1. The highest BCUT2D eigenvalue weighted by Crippen LogP contribution is 2.33. The highest BCUT2D eigenvalue weighted by Gasteiger charge is 2.24. The number of aromatic hydroxyl groups is 1. The number of aryl methyl sites for hydroxylation is 1. The summed E-state index contributed by atoms with van der Waals surface area (Å²) in [6, 6.07) is 5.07. The van der Waals surface area contributed by atoms with Crippen molar-refractivity contribution >= 4 is 16.9 Å². The lowest BCUT2D eigenvalue weighted by Gasteiger charge is -2.08. The van der Waals surface area contributed by atoms with Crippen molar-refractivity contribution in [1.29, 1.82) is 0 Å². The second kappa shape index (κ2) is 7.01. The van der Waals surface area contributed by atoms with Gasteiger partial charge in [-0.25, -0.2) is 4.79 Å². The predicted octanol–water partition coefficient (Wildman–Crippen LogP) is 3.68. The smallest absolute Gasteiger partial charge is 0.340 e. The molecule has 3 aromatic rings. The third kappa shape index (κ3) is 2.99. The van der Waals surface area contributed by atoms with E-state index in [9.17, 15) is 9.90 Å². The van der Waals surface area contributed by atoms with E-state index in [-0.39, 0.29) is 11.7 Å². The predicted molar refractivity (Wildman–Crippen MR) is 96.4 cm³/mol. The van der Waals surface area contributed by atoms with Crippen molar-refractivity contribution in [3.63, 3.8) is 0 Å². The van der Waals surface area contributed by atoms with Crippen molar-refractivity contribution in [1.82, 2.24) is 14.3 Å². The van der Waals surface area contributed by atoms with Crippen LogP contribution in [0.5, 0.6) is 5.75 Å². The highest BCUT2D eigenvalue weighted by atomic mass is 16.5. The van der Waals surface area contributed by atoms with Gasteiger partial charge in [-0.3, -0.25) is 4.68 Å². The number of phenols is 1. The molecule has 1 aromatic carbocycles. The number of carbonyl (C=O) groups excluding carboxylic acids is 1. The number of hydrogen-bond acceptors (Lipinski definition) is 4. The normalized spacial score (nSPS) is 11.2. The molecule has 0 saturated carbocycles. The second-order valence-electron chi connectivity index (χ2n) is 5.89. The van der Waals surface area contributed by atoms with E-state index >= 15 is 0 Å². The van der Waals surface area contributed by atoms with Crippen molar-refractivity contribution < 1.29 is 14.6 Å². The van der Waals surface area contributed by atoms with E-state index in [2.05, 4.69) is 12.0 Å². The number of nitrogens with zero attached hydrogens (tertiary/aromatic N) is 3. The summed E-state index contributed by atoms with van der Waals surface area (Å²) < 4.78 is 9.18. The van der Waals surface area contributed by atoms with Crippen LogP contribution in [-0.2, 0) is 17.7 Å². The van der Waals surface area contributed by atoms with Gasteiger partial charge in [0.1, 0.15) is 5.75 Å². The fraction of sp³-hybridized carbons (Fsp3) is 0.368. The number of esters is 1. The Balaban J connectivity index is 2.28. The Kier molecular flexibility index (Phi) is 4.79. The number of rotatable bonds is 6. The molecule has 0 amide bonds. The summed E-state index contributed by atoms with van der Waals surface area (Å²) in [4.78, 5) is 12.6. The molecule has 6 heteroatoms. The molecule has 25 heavy (non-hydrogen) atoms. The minimum absolute atomic E-state index is 0.125. The molecule has 0 aliphatic rings. The van der Waals surface area contributed by atoms with Gasteiger partial charge < -0.3 is 14.4 Å². The largest absolute Gasteiger partial charge is 0.508 e. The molecule has 0 aliphatic heterocycles. The van der Waals surface area contributed by atoms with Gasteiger partial charge in [-0.1, -0.05) is 13.8 Å². The van der Waals surface area contributed by atoms with E-state index in [1.165, 1.54) is 0 Å². The van der Waals surface area contributed by atoms with Crippen LogP contribution in [0.1, 0.15) is 43.2 Å². The Morgan fingerprint density at radius 1 is 1.28 bits per heavy atom. The van der Waals surface area contributed by atoms with Crippen LogP contribution in [0, 0.1) is 0 Å². The SMILES string of the molecule is CCCn1cc(-n2c(CC)c(C(=O)OCC)c3cc(O)ccc32)cn1. The van der Waals surface area contributed by atoms with Crippen LogP contribution in [0.15, 0.2) is 30.6 Å². The molecule has 0 fully saturated rings. The number of aromatic nitrogens is 3. The van der Waals surface area contributed by atoms with Crippen LogP contribution in [0.3, 0.4) is 0 Å². The van der Waals surface area contributed by atoms with Gasteiger partial charge in [0.2, 0.25) is 0 Å². The molecule has 0 bridgehead atoms. The summed E-state index contributed by atoms with van der Waals surface area (Å²) in [5.74, 6) is -0.242. The van der Waals surface area contributed by atoms with E-state index in [0.717, 1.165) is 29.9 Å². The second-order valence-corrected chi connectivity index (χ2v) is 5.89. The summed E-state index contributed by atoms with van der Waals surface area (Å²) >= 11 is 0. The van der Waals surface area contributed by atoms with Gasteiger partial charge in [-0.15, -0.1) is 0 Å². The van der Waals surface area contributed by atoms with E-state index < -0.39 is 0 Å². The van der Waals surface area contributed by atoms with Gasteiger partial charge in [-0.2, -0.15) is 5.10 Å². The molecule has 0 atom stereocenters. The maximum Gasteiger partial charge on any atom is 0.340 e. The fourth-order valence-corrected chi connectivity index (χ4v) is 3.21. The van der Waals surface area contributed by atoms with Gasteiger partial charge in [0.25, 0.3) is 0 Å². The average molecular weight is 341 g/mol. The first-order valence-corrected chi connectivity index (χ1v) is 8.66. The molecule has 2 heterocycles. The van der Waals surface area contributed by atoms with Crippen LogP contribution < -0.4 is 0 Å². The minimum Gasteiger partial charge on any atom is -0.508 e. The first-order chi connectivity index (χ1) is 12.1. The quantitative estimate of drug-likeness (QED) is 0.694. The van der Waals surface area contributed by atoms with Gasteiger partial charge in [0.05, 0.1) is 29.6 Å². The first kappa shape index (κ1) is 17.1. The number of benzene rings is 1. The van der Waals surface area contributed by atoms with E-state index in [1.54, 1.807) is 25.3 Å². The van der Waals surface area contributed by atoms with Gasteiger partial charge in [0, 0.05) is 23.8 Å². The molecule has 0 spiro atoms. The molecular weight excluding hydrogens is 318 g/mol. The van der Waals surface area contributed by atoms with Crippen LogP contribution in [0.4, 0.5) is 0 Å². The standard InChI is InChI=1S/C19H23N3O3/c1-4-9-21-12-13(11-20-21)22-16(5-2)18(19(24)25-6-3)15-10-14(23)7-8-17(15)22/h7-8,10-12,23H,4-6,9H2,1-3H3. The van der Waals surface area contributed by atoms with E-state index in [0.29, 0.717) is 24.0 Å². The van der Waals surface area contributed by atoms with Crippen LogP contribution >= 0.6 is 0 Å². The van der Waals surface area contributed by atoms with Crippen molar-refractivity contribution in [2.75, 3.05) is 6.61 Å². The Morgan fingerprint density at radius 3 is 2.76 bits per heavy atom. The first-order valence-electron chi connectivity index (χ1n) is 8.66. The third-order valence-electron chi connectivity index (χ3n) is 4.19. The maximum atomic E-state index is 12.6. The molecule has 0 unspecified atom stereocenters. The monoisotopic (exact) mass is 341 g/mol. The van der Waals surface area contributed by atoms with Crippen molar-refractivity contribution in [3.8, 4) is 11.4 Å². The number of hydrogen-bond donors (Lipinski definition) is 1. The van der Waals surface area contributed by atoms with E-state index in [4.69, 9.17) is 4.74 Å². The maximum absolute atomic E-state index is 12.6. The van der Waals surface area contributed by atoms with Crippen molar-refractivity contribution in [2.45, 2.75) is 40.2 Å². The summed E-state index contributed by atoms with van der Waals surface area (Å²) in [6.45, 7) is 7.04.